The molecule has 3 aromatic heterocycles. The molecule has 0 atom stereocenters. The van der Waals surface area contributed by atoms with Crippen LogP contribution in [-0.2, 0) is 0 Å². The molecular formula is C27H19N3O3. The number of carbonyl (C=O) groups is 1. The van der Waals surface area contributed by atoms with Gasteiger partial charge in [0.05, 0.1) is 12.8 Å². The van der Waals surface area contributed by atoms with Gasteiger partial charge in [-0.15, -0.1) is 6.42 Å². The topological polar surface area (TPSA) is 80.2 Å². The molecule has 2 N–H and O–H groups in total. The van der Waals surface area contributed by atoms with E-state index in [0.717, 1.165) is 44.8 Å². The van der Waals surface area contributed by atoms with Crippen LogP contribution in [0.3, 0.4) is 0 Å². The van der Waals surface area contributed by atoms with Crippen molar-refractivity contribution in [2.75, 3.05) is 6.54 Å². The molecule has 6 nitrogen and oxygen atoms in total. The lowest BCUT2D eigenvalue weighted by atomic mass is 10.0. The van der Waals surface area contributed by atoms with Gasteiger partial charge in [0.2, 0.25) is 0 Å². The summed E-state index contributed by atoms with van der Waals surface area (Å²) in [5, 5.41) is 3.50. The molecule has 5 rings (SSSR count). The van der Waals surface area contributed by atoms with Crippen LogP contribution in [0.2, 0.25) is 0 Å². The molecule has 33 heavy (non-hydrogen) atoms. The molecule has 0 aliphatic carbocycles. The second kappa shape index (κ2) is 8.77. The minimum atomic E-state index is -0.357. The Bertz CT molecular complexity index is 1480. The molecule has 0 bridgehead atoms. The Kier molecular flexibility index (Phi) is 5.36. The zero-order valence-corrected chi connectivity index (χ0v) is 17.5. The standard InChI is InChI=1S/C27H19N3O3/c1-2-12-28-27(31)25-14-19(17-32-25)23-16-30-26-22(23)13-18(15-29-26)21-10-6-7-11-24(21)33-20-8-4-3-5-9-20/h1,3-11,13-17H,12H2,(H,28,31)(H,29,30). The smallest absolute Gasteiger partial charge is 0.287 e. The number of amides is 1. The molecule has 0 radical (unpaired) electrons. The Hall–Kier alpha value is -4.76. The predicted molar refractivity (Wildman–Crippen MR) is 127 cm³/mol. The summed E-state index contributed by atoms with van der Waals surface area (Å²) >= 11 is 0. The normalized spacial score (nSPS) is 10.6. The van der Waals surface area contributed by atoms with E-state index in [4.69, 9.17) is 15.6 Å². The minimum absolute atomic E-state index is 0.139. The first-order valence-corrected chi connectivity index (χ1v) is 10.3. The van der Waals surface area contributed by atoms with Gasteiger partial charge in [-0.3, -0.25) is 4.79 Å². The number of aromatic nitrogens is 2. The van der Waals surface area contributed by atoms with E-state index in [0.29, 0.717) is 0 Å². The number of ether oxygens (including phenoxy) is 1. The van der Waals surface area contributed by atoms with Crippen molar-refractivity contribution >= 4 is 16.9 Å². The fraction of sp³-hybridized carbons (Fsp3) is 0.0370. The summed E-state index contributed by atoms with van der Waals surface area (Å²) in [5.41, 5.74) is 4.20. The van der Waals surface area contributed by atoms with Crippen LogP contribution in [0.25, 0.3) is 33.3 Å². The predicted octanol–water partition coefficient (Wildman–Crippen LogP) is 5.65. The number of pyridine rings is 1. The maximum Gasteiger partial charge on any atom is 0.287 e. The summed E-state index contributed by atoms with van der Waals surface area (Å²) in [7, 11) is 0. The fourth-order valence-corrected chi connectivity index (χ4v) is 3.61. The first kappa shape index (κ1) is 20.2. The molecule has 6 heteroatoms. The number of fused-ring (bicyclic) bond motifs is 1. The van der Waals surface area contributed by atoms with E-state index in [1.807, 2.05) is 73.1 Å². The quantitative estimate of drug-likeness (QED) is 0.339. The van der Waals surface area contributed by atoms with Gasteiger partial charge in [0, 0.05) is 40.0 Å². The zero-order valence-electron chi connectivity index (χ0n) is 17.5. The molecule has 0 saturated carbocycles. The highest BCUT2D eigenvalue weighted by Crippen LogP contribution is 2.36. The molecule has 0 aliphatic heterocycles. The van der Waals surface area contributed by atoms with Crippen molar-refractivity contribution in [3.63, 3.8) is 0 Å². The highest BCUT2D eigenvalue weighted by molar-refractivity contribution is 5.98. The van der Waals surface area contributed by atoms with E-state index in [9.17, 15) is 4.79 Å². The summed E-state index contributed by atoms with van der Waals surface area (Å²) in [5.74, 6) is 3.70. The largest absolute Gasteiger partial charge is 0.459 e. The number of furan rings is 1. The van der Waals surface area contributed by atoms with Gasteiger partial charge in [-0.25, -0.2) is 4.98 Å². The van der Waals surface area contributed by atoms with Crippen molar-refractivity contribution in [1.82, 2.24) is 15.3 Å². The number of carbonyl (C=O) groups excluding carboxylic acids is 1. The van der Waals surface area contributed by atoms with Crippen LogP contribution in [0.1, 0.15) is 10.6 Å². The second-order valence-corrected chi connectivity index (χ2v) is 7.32. The number of aromatic amines is 1. The monoisotopic (exact) mass is 433 g/mol. The Labute approximate surface area is 190 Å². The van der Waals surface area contributed by atoms with E-state index < -0.39 is 0 Å². The van der Waals surface area contributed by atoms with E-state index in [1.54, 1.807) is 12.3 Å². The van der Waals surface area contributed by atoms with Crippen LogP contribution in [0.5, 0.6) is 11.5 Å². The molecule has 0 aliphatic rings. The molecule has 0 saturated heterocycles. The van der Waals surface area contributed by atoms with Crippen molar-refractivity contribution in [3.8, 4) is 46.1 Å². The van der Waals surface area contributed by atoms with Gasteiger partial charge in [0.25, 0.3) is 5.91 Å². The molecule has 0 spiro atoms. The summed E-state index contributed by atoms with van der Waals surface area (Å²) in [6.07, 6.45) is 10.4. The summed E-state index contributed by atoms with van der Waals surface area (Å²) in [4.78, 5) is 19.9. The zero-order chi connectivity index (χ0) is 22.6. The molecule has 0 fully saturated rings. The summed E-state index contributed by atoms with van der Waals surface area (Å²) in [6, 6.07) is 21.2. The Balaban J connectivity index is 1.51. The molecule has 1 amide bonds. The Morgan fingerprint density at radius 2 is 1.88 bits per heavy atom. The first-order chi connectivity index (χ1) is 16.2. The third-order valence-corrected chi connectivity index (χ3v) is 5.19. The third-order valence-electron chi connectivity index (χ3n) is 5.19. The van der Waals surface area contributed by atoms with Crippen LogP contribution in [0.4, 0.5) is 0 Å². The Morgan fingerprint density at radius 3 is 2.73 bits per heavy atom. The van der Waals surface area contributed by atoms with Gasteiger partial charge in [0.1, 0.15) is 17.1 Å². The van der Waals surface area contributed by atoms with Crippen molar-refractivity contribution < 1.29 is 13.9 Å². The maximum atomic E-state index is 12.1. The van der Waals surface area contributed by atoms with Crippen LogP contribution < -0.4 is 10.1 Å². The number of nitrogens with zero attached hydrogens (tertiary/aromatic N) is 1. The van der Waals surface area contributed by atoms with Crippen molar-refractivity contribution in [2.24, 2.45) is 0 Å². The highest BCUT2D eigenvalue weighted by Gasteiger charge is 2.16. The Morgan fingerprint density at radius 1 is 1.06 bits per heavy atom. The molecule has 0 unspecified atom stereocenters. The average molecular weight is 433 g/mol. The summed E-state index contributed by atoms with van der Waals surface area (Å²) in [6.45, 7) is 0.139. The number of hydrogen-bond donors (Lipinski definition) is 2. The summed E-state index contributed by atoms with van der Waals surface area (Å²) < 4.78 is 11.6. The van der Waals surface area contributed by atoms with Gasteiger partial charge in [-0.1, -0.05) is 42.3 Å². The number of nitrogens with one attached hydrogen (secondary N) is 2. The lowest BCUT2D eigenvalue weighted by molar-refractivity contribution is 0.0931. The first-order valence-electron chi connectivity index (χ1n) is 10.3. The molecule has 5 aromatic rings. The van der Waals surface area contributed by atoms with Crippen molar-refractivity contribution in [3.05, 3.63) is 91.1 Å². The van der Waals surface area contributed by atoms with Crippen LogP contribution in [0.15, 0.2) is 89.8 Å². The van der Waals surface area contributed by atoms with Gasteiger partial charge in [-0.2, -0.15) is 0 Å². The number of hydrogen-bond acceptors (Lipinski definition) is 4. The van der Waals surface area contributed by atoms with E-state index in [-0.39, 0.29) is 18.2 Å². The second-order valence-electron chi connectivity index (χ2n) is 7.32. The van der Waals surface area contributed by atoms with Crippen LogP contribution >= 0.6 is 0 Å². The number of benzene rings is 2. The van der Waals surface area contributed by atoms with Crippen molar-refractivity contribution in [1.29, 1.82) is 0 Å². The SMILES string of the molecule is C#CCNC(=O)c1cc(-c2c[nH]c3ncc(-c4ccccc4Oc4ccccc4)cc23)co1. The number of rotatable bonds is 6. The lowest BCUT2D eigenvalue weighted by Gasteiger charge is -2.11. The van der Waals surface area contributed by atoms with Gasteiger partial charge in [0.15, 0.2) is 5.76 Å². The molecule has 3 heterocycles. The minimum Gasteiger partial charge on any atom is -0.459 e. The fourth-order valence-electron chi connectivity index (χ4n) is 3.61. The molecule has 160 valence electrons. The van der Waals surface area contributed by atoms with Gasteiger partial charge < -0.3 is 19.5 Å². The van der Waals surface area contributed by atoms with Gasteiger partial charge in [-0.05, 0) is 30.3 Å². The maximum absolute atomic E-state index is 12.1. The lowest BCUT2D eigenvalue weighted by Crippen LogP contribution is -2.22. The van der Waals surface area contributed by atoms with Gasteiger partial charge >= 0.3 is 0 Å². The van der Waals surface area contributed by atoms with E-state index in [2.05, 4.69) is 21.2 Å². The number of para-hydroxylation sites is 2. The number of H-pyrrole nitrogens is 1. The third kappa shape index (κ3) is 4.08. The molecule has 2 aromatic carbocycles. The van der Waals surface area contributed by atoms with E-state index in [1.165, 1.54) is 0 Å². The number of terminal acetylenes is 1. The van der Waals surface area contributed by atoms with Crippen molar-refractivity contribution in [2.45, 2.75) is 0 Å². The van der Waals surface area contributed by atoms with Crippen LogP contribution in [-0.4, -0.2) is 22.4 Å². The average Bonchev–Trinajstić information content (AvgIpc) is 3.50. The van der Waals surface area contributed by atoms with E-state index >= 15 is 0 Å². The highest BCUT2D eigenvalue weighted by atomic mass is 16.5. The van der Waals surface area contributed by atoms with Crippen LogP contribution in [0, 0.1) is 12.3 Å². The molecular weight excluding hydrogens is 414 g/mol.